The summed E-state index contributed by atoms with van der Waals surface area (Å²) < 4.78 is 0. The number of hydrogen-bond donors (Lipinski definition) is 3. The predicted octanol–water partition coefficient (Wildman–Crippen LogP) is -1.37. The molecule has 0 aromatic carbocycles. The lowest BCUT2D eigenvalue weighted by Crippen LogP contribution is -2.49. The van der Waals surface area contributed by atoms with E-state index in [9.17, 15) is 0 Å². The van der Waals surface area contributed by atoms with E-state index in [2.05, 4.69) is 10.2 Å². The second-order valence-electron chi connectivity index (χ2n) is 3.13. The molecule has 4 heteroatoms. The van der Waals surface area contributed by atoms with Crippen LogP contribution in [0.3, 0.4) is 0 Å². The van der Waals surface area contributed by atoms with Crippen molar-refractivity contribution in [1.82, 2.24) is 10.2 Å². The molecule has 0 radical (unpaired) electrons. The summed E-state index contributed by atoms with van der Waals surface area (Å²) in [4.78, 5) is 2.23. The molecule has 1 heterocycles. The van der Waals surface area contributed by atoms with Gasteiger partial charge in [0.1, 0.15) is 0 Å². The van der Waals surface area contributed by atoms with Gasteiger partial charge in [-0.25, -0.2) is 0 Å². The highest BCUT2D eigenvalue weighted by Gasteiger charge is 2.18. The fourth-order valence-corrected chi connectivity index (χ4v) is 1.59. The Kier molecular flexibility index (Phi) is 4.53. The molecule has 1 fully saturated rings. The molecule has 1 aliphatic heterocycles. The van der Waals surface area contributed by atoms with Crippen molar-refractivity contribution in [3.63, 3.8) is 0 Å². The lowest BCUT2D eigenvalue weighted by molar-refractivity contribution is 0.0895. The van der Waals surface area contributed by atoms with Crippen LogP contribution in [0.4, 0.5) is 0 Å². The molecule has 0 aliphatic carbocycles. The number of nitrogens with zero attached hydrogens (tertiary/aromatic N) is 1. The Morgan fingerprint density at radius 2 is 1.92 bits per heavy atom. The maximum Gasteiger partial charge on any atom is 0.0587 e. The Labute approximate surface area is 73.2 Å². The van der Waals surface area contributed by atoms with Crippen molar-refractivity contribution < 1.29 is 10.2 Å². The van der Waals surface area contributed by atoms with Gasteiger partial charge in [-0.05, 0) is 6.42 Å². The summed E-state index contributed by atoms with van der Waals surface area (Å²) in [7, 11) is 0. The molecule has 0 aromatic heterocycles. The summed E-state index contributed by atoms with van der Waals surface area (Å²) in [5.74, 6) is 0. The number of nitrogens with one attached hydrogen (secondary N) is 1. The highest BCUT2D eigenvalue weighted by Crippen LogP contribution is 2.04. The largest absolute Gasteiger partial charge is 0.396 e. The maximum absolute atomic E-state index is 9.04. The van der Waals surface area contributed by atoms with Gasteiger partial charge in [0.15, 0.2) is 0 Å². The van der Waals surface area contributed by atoms with Gasteiger partial charge in [-0.15, -0.1) is 0 Å². The third-order valence-electron chi connectivity index (χ3n) is 2.34. The van der Waals surface area contributed by atoms with Gasteiger partial charge in [0, 0.05) is 38.8 Å². The quantitative estimate of drug-likeness (QED) is 0.492. The number of piperazine rings is 1. The third kappa shape index (κ3) is 2.71. The number of aliphatic hydroxyl groups is 2. The molecule has 4 nitrogen and oxygen atoms in total. The first kappa shape index (κ1) is 9.92. The molecular formula is C8H18N2O2. The van der Waals surface area contributed by atoms with Crippen molar-refractivity contribution in [2.75, 3.05) is 39.4 Å². The topological polar surface area (TPSA) is 55.7 Å². The Morgan fingerprint density at radius 3 is 2.42 bits per heavy atom. The molecule has 0 saturated carbocycles. The molecule has 1 aliphatic rings. The third-order valence-corrected chi connectivity index (χ3v) is 2.34. The van der Waals surface area contributed by atoms with E-state index in [1.807, 2.05) is 0 Å². The summed E-state index contributed by atoms with van der Waals surface area (Å²) in [6, 6.07) is 0.150. The van der Waals surface area contributed by atoms with E-state index < -0.39 is 0 Å². The predicted molar refractivity (Wildman–Crippen MR) is 47.0 cm³/mol. The Balaban J connectivity index is 2.29. The van der Waals surface area contributed by atoms with Crippen LogP contribution in [-0.2, 0) is 0 Å². The summed E-state index contributed by atoms with van der Waals surface area (Å²) in [5, 5.41) is 21.0. The van der Waals surface area contributed by atoms with Crippen LogP contribution in [0.5, 0.6) is 0 Å². The lowest BCUT2D eigenvalue weighted by atomic mass is 10.2. The normalized spacial score (nSPS) is 22.5. The fourth-order valence-electron chi connectivity index (χ4n) is 1.59. The molecule has 0 aromatic rings. The van der Waals surface area contributed by atoms with Gasteiger partial charge in [0.25, 0.3) is 0 Å². The second-order valence-corrected chi connectivity index (χ2v) is 3.13. The Hall–Kier alpha value is -0.160. The van der Waals surface area contributed by atoms with Gasteiger partial charge in [-0.2, -0.15) is 0 Å². The van der Waals surface area contributed by atoms with Crippen LogP contribution in [-0.4, -0.2) is 60.5 Å². The zero-order valence-electron chi connectivity index (χ0n) is 7.37. The number of aliphatic hydroxyl groups excluding tert-OH is 2. The molecule has 0 amide bonds. The van der Waals surface area contributed by atoms with Crippen molar-refractivity contribution in [2.45, 2.75) is 12.5 Å². The first-order valence-electron chi connectivity index (χ1n) is 4.55. The van der Waals surface area contributed by atoms with Crippen molar-refractivity contribution in [2.24, 2.45) is 0 Å². The summed E-state index contributed by atoms with van der Waals surface area (Å²) in [6.07, 6.45) is 0.677. The van der Waals surface area contributed by atoms with Crippen molar-refractivity contribution in [3.8, 4) is 0 Å². The van der Waals surface area contributed by atoms with Crippen LogP contribution in [0, 0.1) is 0 Å². The van der Waals surface area contributed by atoms with E-state index in [4.69, 9.17) is 10.2 Å². The highest BCUT2D eigenvalue weighted by atomic mass is 16.3. The molecule has 1 saturated heterocycles. The second kappa shape index (κ2) is 5.48. The van der Waals surface area contributed by atoms with Gasteiger partial charge >= 0.3 is 0 Å². The van der Waals surface area contributed by atoms with Crippen molar-refractivity contribution in [3.05, 3.63) is 0 Å². The van der Waals surface area contributed by atoms with Crippen LogP contribution in [0.1, 0.15) is 6.42 Å². The fraction of sp³-hybridized carbons (Fsp3) is 1.00. The van der Waals surface area contributed by atoms with E-state index in [1.165, 1.54) is 0 Å². The standard InChI is InChI=1S/C8H18N2O2/c11-6-1-8(7-12)10-4-2-9-3-5-10/h8-9,11-12H,1-7H2. The van der Waals surface area contributed by atoms with Gasteiger partial charge in [0.2, 0.25) is 0 Å². The van der Waals surface area contributed by atoms with E-state index in [-0.39, 0.29) is 19.3 Å². The minimum Gasteiger partial charge on any atom is -0.396 e. The zero-order valence-corrected chi connectivity index (χ0v) is 7.37. The summed E-state index contributed by atoms with van der Waals surface area (Å²) in [6.45, 7) is 4.25. The number of hydrogen-bond acceptors (Lipinski definition) is 4. The van der Waals surface area contributed by atoms with Gasteiger partial charge in [-0.1, -0.05) is 0 Å². The van der Waals surface area contributed by atoms with Gasteiger partial charge < -0.3 is 15.5 Å². The van der Waals surface area contributed by atoms with Crippen LogP contribution in [0.15, 0.2) is 0 Å². The molecule has 0 spiro atoms. The lowest BCUT2D eigenvalue weighted by Gasteiger charge is -2.33. The van der Waals surface area contributed by atoms with Gasteiger partial charge in [0.05, 0.1) is 6.61 Å². The van der Waals surface area contributed by atoms with E-state index in [0.29, 0.717) is 6.42 Å². The average molecular weight is 174 g/mol. The van der Waals surface area contributed by atoms with Crippen molar-refractivity contribution >= 4 is 0 Å². The van der Waals surface area contributed by atoms with E-state index in [0.717, 1.165) is 26.2 Å². The molecule has 1 atom stereocenters. The Bertz CT molecular complexity index is 113. The first-order valence-corrected chi connectivity index (χ1v) is 4.55. The van der Waals surface area contributed by atoms with Crippen LogP contribution in [0.25, 0.3) is 0 Å². The molecule has 1 rings (SSSR count). The number of rotatable bonds is 4. The molecule has 12 heavy (non-hydrogen) atoms. The monoisotopic (exact) mass is 174 g/mol. The van der Waals surface area contributed by atoms with Crippen LogP contribution < -0.4 is 5.32 Å². The SMILES string of the molecule is OCCC(CO)N1CCNCC1. The summed E-state index contributed by atoms with van der Waals surface area (Å²) in [5.41, 5.74) is 0. The van der Waals surface area contributed by atoms with E-state index >= 15 is 0 Å². The highest BCUT2D eigenvalue weighted by molar-refractivity contribution is 4.75. The molecular weight excluding hydrogens is 156 g/mol. The summed E-state index contributed by atoms with van der Waals surface area (Å²) >= 11 is 0. The van der Waals surface area contributed by atoms with Crippen LogP contribution >= 0.6 is 0 Å². The minimum atomic E-state index is 0.150. The van der Waals surface area contributed by atoms with Gasteiger partial charge in [-0.3, -0.25) is 4.90 Å². The Morgan fingerprint density at radius 1 is 1.25 bits per heavy atom. The van der Waals surface area contributed by atoms with Crippen LogP contribution in [0.2, 0.25) is 0 Å². The maximum atomic E-state index is 9.04. The van der Waals surface area contributed by atoms with Crippen molar-refractivity contribution in [1.29, 1.82) is 0 Å². The minimum absolute atomic E-state index is 0.150. The molecule has 3 N–H and O–H groups in total. The smallest absolute Gasteiger partial charge is 0.0587 e. The van der Waals surface area contributed by atoms with E-state index in [1.54, 1.807) is 0 Å². The molecule has 1 unspecified atom stereocenters. The zero-order chi connectivity index (χ0) is 8.81. The average Bonchev–Trinajstić information content (AvgIpc) is 2.15. The molecule has 0 bridgehead atoms. The first-order chi connectivity index (χ1) is 5.88. The molecule has 72 valence electrons.